The van der Waals surface area contributed by atoms with Gasteiger partial charge < -0.3 is 15.1 Å². The zero-order chi connectivity index (χ0) is 19.8. The minimum absolute atomic E-state index is 0.131. The van der Waals surface area contributed by atoms with Crippen LogP contribution in [0.3, 0.4) is 0 Å². The fourth-order valence-electron chi connectivity index (χ4n) is 3.26. The topological polar surface area (TPSA) is 48.5 Å². The Labute approximate surface area is 177 Å². The summed E-state index contributed by atoms with van der Waals surface area (Å²) in [5.74, 6) is 0. The smallest absolute Gasteiger partial charge is 0.321 e. The fraction of sp³-hybridized carbons (Fsp3) is 0.300. The maximum atomic E-state index is 12.5. The van der Waals surface area contributed by atoms with Crippen LogP contribution < -0.4 is 10.2 Å². The lowest BCUT2D eigenvalue weighted by Crippen LogP contribution is -2.50. The Morgan fingerprint density at radius 2 is 1.75 bits per heavy atom. The molecule has 2 amide bonds. The number of hydrogen-bond acceptors (Lipinski definition) is 4. The summed E-state index contributed by atoms with van der Waals surface area (Å²) in [7, 11) is 0. The molecule has 3 aromatic rings. The van der Waals surface area contributed by atoms with Crippen LogP contribution in [0, 0.1) is 13.8 Å². The van der Waals surface area contributed by atoms with Crippen molar-refractivity contribution < 1.29 is 4.79 Å². The van der Waals surface area contributed by atoms with Crippen molar-refractivity contribution in [2.24, 2.45) is 0 Å². The van der Waals surface area contributed by atoms with Crippen molar-refractivity contribution in [3.63, 3.8) is 0 Å². The van der Waals surface area contributed by atoms with Gasteiger partial charge in [-0.1, -0.05) is 46.7 Å². The highest BCUT2D eigenvalue weighted by Crippen LogP contribution is 2.33. The molecule has 8 heteroatoms. The molecule has 146 valence electrons. The number of fused-ring (bicyclic) bond motifs is 1. The first-order chi connectivity index (χ1) is 13.4. The van der Waals surface area contributed by atoms with Crippen molar-refractivity contribution in [1.82, 2.24) is 9.88 Å². The van der Waals surface area contributed by atoms with Gasteiger partial charge in [-0.25, -0.2) is 9.78 Å². The minimum atomic E-state index is -0.131. The number of piperazine rings is 1. The molecule has 2 aromatic carbocycles. The number of benzene rings is 2. The molecule has 1 aromatic heterocycles. The van der Waals surface area contributed by atoms with E-state index in [0.29, 0.717) is 28.8 Å². The predicted molar refractivity (Wildman–Crippen MR) is 118 cm³/mol. The zero-order valence-corrected chi connectivity index (χ0v) is 18.0. The standard InChI is InChI=1S/C20H20Cl2N4OS/c1-12-3-4-13(2)18-17(12)24-20(28-18)26-9-7-25(8-10-26)19(27)23-14-5-6-15(21)16(22)11-14/h3-6,11H,7-10H2,1-2H3,(H,23,27). The second-order valence-corrected chi connectivity index (χ2v) is 8.70. The lowest BCUT2D eigenvalue weighted by atomic mass is 10.1. The number of rotatable bonds is 2. The summed E-state index contributed by atoms with van der Waals surface area (Å²) in [6, 6.07) is 9.21. The van der Waals surface area contributed by atoms with Crippen LogP contribution in [0.2, 0.25) is 10.0 Å². The lowest BCUT2D eigenvalue weighted by molar-refractivity contribution is 0.208. The molecular formula is C20H20Cl2N4OS. The summed E-state index contributed by atoms with van der Waals surface area (Å²) in [4.78, 5) is 21.5. The predicted octanol–water partition coefficient (Wildman–Crippen LogP) is 5.57. The largest absolute Gasteiger partial charge is 0.345 e. The number of hydrogen-bond donors (Lipinski definition) is 1. The number of carbonyl (C=O) groups is 1. The van der Waals surface area contributed by atoms with Crippen LogP contribution in [0.25, 0.3) is 10.2 Å². The van der Waals surface area contributed by atoms with Crippen LogP contribution in [-0.4, -0.2) is 42.1 Å². The van der Waals surface area contributed by atoms with Crippen molar-refractivity contribution in [2.45, 2.75) is 13.8 Å². The van der Waals surface area contributed by atoms with E-state index >= 15 is 0 Å². The van der Waals surface area contributed by atoms with E-state index in [1.165, 1.54) is 15.8 Å². The van der Waals surface area contributed by atoms with Crippen LogP contribution in [0.5, 0.6) is 0 Å². The number of aromatic nitrogens is 1. The van der Waals surface area contributed by atoms with Crippen LogP contribution >= 0.6 is 34.5 Å². The summed E-state index contributed by atoms with van der Waals surface area (Å²) in [6.07, 6.45) is 0. The number of carbonyl (C=O) groups excluding carboxylic acids is 1. The Morgan fingerprint density at radius 3 is 2.43 bits per heavy atom. The van der Waals surface area contributed by atoms with Gasteiger partial charge in [-0.05, 0) is 43.2 Å². The van der Waals surface area contributed by atoms with Crippen LogP contribution in [0.15, 0.2) is 30.3 Å². The van der Waals surface area contributed by atoms with E-state index in [1.54, 1.807) is 29.5 Å². The summed E-state index contributed by atoms with van der Waals surface area (Å²) in [5, 5.41) is 4.80. The molecule has 0 radical (unpaired) electrons. The highest BCUT2D eigenvalue weighted by Gasteiger charge is 2.23. The van der Waals surface area contributed by atoms with E-state index in [-0.39, 0.29) is 6.03 Å². The summed E-state index contributed by atoms with van der Waals surface area (Å²) in [6.45, 7) is 7.01. The number of amides is 2. The minimum Gasteiger partial charge on any atom is -0.345 e. The molecule has 1 aliphatic heterocycles. The highest BCUT2D eigenvalue weighted by molar-refractivity contribution is 7.22. The van der Waals surface area contributed by atoms with Gasteiger partial charge in [0.15, 0.2) is 5.13 Å². The molecule has 28 heavy (non-hydrogen) atoms. The normalized spacial score (nSPS) is 14.6. The lowest BCUT2D eigenvalue weighted by Gasteiger charge is -2.34. The van der Waals surface area contributed by atoms with E-state index in [9.17, 15) is 4.79 Å². The molecule has 4 rings (SSSR count). The summed E-state index contributed by atoms with van der Waals surface area (Å²) in [5.41, 5.74) is 4.17. The number of thiazole rings is 1. The van der Waals surface area contributed by atoms with E-state index in [2.05, 4.69) is 36.2 Å². The number of nitrogens with one attached hydrogen (secondary N) is 1. The van der Waals surface area contributed by atoms with Crippen molar-refractivity contribution in [3.05, 3.63) is 51.5 Å². The van der Waals surface area contributed by atoms with E-state index in [1.807, 2.05) is 4.90 Å². The molecular weight excluding hydrogens is 415 g/mol. The average molecular weight is 435 g/mol. The van der Waals surface area contributed by atoms with Gasteiger partial charge in [0.25, 0.3) is 0 Å². The molecule has 0 bridgehead atoms. The number of aryl methyl sites for hydroxylation is 2. The number of anilines is 2. The summed E-state index contributed by atoms with van der Waals surface area (Å²) < 4.78 is 1.25. The molecule has 1 aliphatic rings. The van der Waals surface area contributed by atoms with Gasteiger partial charge in [0.2, 0.25) is 0 Å². The maximum absolute atomic E-state index is 12.5. The van der Waals surface area contributed by atoms with E-state index in [0.717, 1.165) is 23.7 Å². The van der Waals surface area contributed by atoms with Crippen LogP contribution in [0.4, 0.5) is 15.6 Å². The monoisotopic (exact) mass is 434 g/mol. The first-order valence-corrected chi connectivity index (χ1v) is 10.6. The van der Waals surface area contributed by atoms with Crippen molar-refractivity contribution in [1.29, 1.82) is 0 Å². The third-order valence-corrected chi connectivity index (χ3v) is 6.93. The van der Waals surface area contributed by atoms with Crippen LogP contribution in [-0.2, 0) is 0 Å². The van der Waals surface area contributed by atoms with Crippen LogP contribution in [0.1, 0.15) is 11.1 Å². The SMILES string of the molecule is Cc1ccc(C)c2sc(N3CCN(C(=O)Nc4ccc(Cl)c(Cl)c4)CC3)nc12. The molecule has 0 unspecified atom stereocenters. The zero-order valence-electron chi connectivity index (χ0n) is 15.6. The molecule has 2 heterocycles. The van der Waals surface area contributed by atoms with Crippen molar-refractivity contribution in [3.8, 4) is 0 Å². The third-order valence-electron chi connectivity index (χ3n) is 4.94. The second kappa shape index (κ2) is 7.78. The number of urea groups is 1. The molecule has 1 saturated heterocycles. The Bertz CT molecular complexity index is 1010. The first-order valence-electron chi connectivity index (χ1n) is 9.05. The van der Waals surface area contributed by atoms with Gasteiger partial charge in [-0.2, -0.15) is 0 Å². The fourth-order valence-corrected chi connectivity index (χ4v) is 4.72. The highest BCUT2D eigenvalue weighted by atomic mass is 35.5. The average Bonchev–Trinajstić information content (AvgIpc) is 3.15. The maximum Gasteiger partial charge on any atom is 0.321 e. The third kappa shape index (κ3) is 3.77. The molecule has 1 fully saturated rings. The van der Waals surface area contributed by atoms with Gasteiger partial charge in [0, 0.05) is 31.9 Å². The van der Waals surface area contributed by atoms with Gasteiger partial charge in [-0.15, -0.1) is 0 Å². The molecule has 0 spiro atoms. The summed E-state index contributed by atoms with van der Waals surface area (Å²) >= 11 is 13.7. The van der Waals surface area contributed by atoms with Crippen molar-refractivity contribution in [2.75, 3.05) is 36.4 Å². The number of nitrogens with zero attached hydrogens (tertiary/aromatic N) is 3. The van der Waals surface area contributed by atoms with Crippen molar-refractivity contribution >= 4 is 61.6 Å². The van der Waals surface area contributed by atoms with Gasteiger partial charge in [0.05, 0.1) is 20.3 Å². The Balaban J connectivity index is 1.41. The van der Waals surface area contributed by atoms with E-state index < -0.39 is 0 Å². The molecule has 1 N–H and O–H groups in total. The molecule has 0 aliphatic carbocycles. The van der Waals surface area contributed by atoms with E-state index in [4.69, 9.17) is 28.2 Å². The van der Waals surface area contributed by atoms with Gasteiger partial charge in [-0.3, -0.25) is 0 Å². The second-order valence-electron chi connectivity index (χ2n) is 6.91. The number of halogens is 2. The Kier molecular flexibility index (Phi) is 5.36. The Hall–Kier alpha value is -2.02. The quantitative estimate of drug-likeness (QED) is 0.572. The van der Waals surface area contributed by atoms with Gasteiger partial charge in [0.1, 0.15) is 0 Å². The first kappa shape index (κ1) is 19.3. The molecule has 5 nitrogen and oxygen atoms in total. The van der Waals surface area contributed by atoms with Gasteiger partial charge >= 0.3 is 6.03 Å². The molecule has 0 atom stereocenters. The Morgan fingerprint density at radius 1 is 1.04 bits per heavy atom. The molecule has 0 saturated carbocycles.